The van der Waals surface area contributed by atoms with Crippen LogP contribution in [0.3, 0.4) is 0 Å². The van der Waals surface area contributed by atoms with Crippen molar-refractivity contribution in [1.29, 1.82) is 5.26 Å². The summed E-state index contributed by atoms with van der Waals surface area (Å²) in [6.07, 6.45) is 0.766. The minimum Gasteiger partial charge on any atom is -0.465 e. The molecule has 1 N–H and O–H groups in total. The minimum absolute atomic E-state index is 0.280. The van der Waals surface area contributed by atoms with Gasteiger partial charge in [-0.15, -0.1) is 0 Å². The average molecular weight is 356 g/mol. The van der Waals surface area contributed by atoms with Crippen molar-refractivity contribution < 1.29 is 19.1 Å². The van der Waals surface area contributed by atoms with E-state index < -0.39 is 17.7 Å². The van der Waals surface area contributed by atoms with Gasteiger partial charge < -0.3 is 9.47 Å². The molecule has 0 radical (unpaired) electrons. The number of hydrogen-bond acceptors (Lipinski definition) is 6. The lowest BCUT2D eigenvalue weighted by Gasteiger charge is -2.20. The van der Waals surface area contributed by atoms with Gasteiger partial charge in [0.05, 0.1) is 35.8 Å². The Morgan fingerprint density at radius 3 is 2.58 bits per heavy atom. The van der Waals surface area contributed by atoms with Gasteiger partial charge in [0, 0.05) is 12.6 Å². The number of methoxy groups -OCH3 is 1. The van der Waals surface area contributed by atoms with Crippen LogP contribution in [-0.4, -0.2) is 34.6 Å². The molecule has 8 nitrogen and oxygen atoms in total. The number of aromatic nitrogens is 2. The number of benzene rings is 1. The van der Waals surface area contributed by atoms with Crippen molar-refractivity contribution in [3.05, 3.63) is 35.5 Å². The van der Waals surface area contributed by atoms with Crippen LogP contribution in [0.5, 0.6) is 0 Å². The molecule has 8 heteroatoms. The highest BCUT2D eigenvalue weighted by atomic mass is 16.6. The topological polar surface area (TPSA) is 106 Å². The van der Waals surface area contributed by atoms with Gasteiger partial charge in [-0.3, -0.25) is 10.00 Å². The molecule has 0 atom stereocenters. The summed E-state index contributed by atoms with van der Waals surface area (Å²) in [5.41, 5.74) is 1.22. The molecular formula is C18H20N4O4. The number of hydrogen-bond donors (Lipinski definition) is 1. The fraction of sp³-hybridized carbons (Fsp3) is 0.333. The lowest BCUT2D eigenvalue weighted by Crippen LogP contribution is -2.27. The zero-order chi connectivity index (χ0) is 19.5. The number of esters is 1. The number of rotatable bonds is 3. The summed E-state index contributed by atoms with van der Waals surface area (Å²) in [4.78, 5) is 24.0. The van der Waals surface area contributed by atoms with Crippen molar-refractivity contribution in [3.8, 4) is 17.3 Å². The molecule has 0 spiro atoms. The molecule has 1 aromatic heterocycles. The highest BCUT2D eigenvalue weighted by molar-refractivity contribution is 5.97. The van der Waals surface area contributed by atoms with Gasteiger partial charge in [0.15, 0.2) is 0 Å². The lowest BCUT2D eigenvalue weighted by atomic mass is 10.0. The van der Waals surface area contributed by atoms with Crippen molar-refractivity contribution in [2.24, 2.45) is 7.05 Å². The van der Waals surface area contributed by atoms with Gasteiger partial charge in [-0.1, -0.05) is 0 Å². The van der Waals surface area contributed by atoms with Crippen molar-refractivity contribution in [1.82, 2.24) is 9.78 Å². The molecule has 1 heterocycles. The van der Waals surface area contributed by atoms with E-state index in [1.54, 1.807) is 33.9 Å². The molecule has 0 aliphatic heterocycles. The van der Waals surface area contributed by atoms with E-state index in [-0.39, 0.29) is 5.56 Å². The molecule has 1 amide bonds. The van der Waals surface area contributed by atoms with Crippen molar-refractivity contribution in [2.75, 3.05) is 12.4 Å². The number of ether oxygens (including phenoxy) is 2. The van der Waals surface area contributed by atoms with Crippen LogP contribution >= 0.6 is 0 Å². The molecule has 0 fully saturated rings. The van der Waals surface area contributed by atoms with Gasteiger partial charge in [-0.2, -0.15) is 10.4 Å². The van der Waals surface area contributed by atoms with E-state index in [0.29, 0.717) is 22.5 Å². The monoisotopic (exact) mass is 356 g/mol. The second kappa shape index (κ2) is 7.27. The molecule has 2 aromatic rings. The molecule has 0 saturated heterocycles. The first kappa shape index (κ1) is 19.0. The Labute approximate surface area is 151 Å². The van der Waals surface area contributed by atoms with Crippen LogP contribution in [0.4, 0.5) is 10.5 Å². The number of aryl methyl sites for hydroxylation is 1. The van der Waals surface area contributed by atoms with Gasteiger partial charge in [0.25, 0.3) is 0 Å². The summed E-state index contributed by atoms with van der Waals surface area (Å²) in [5.74, 6) is -0.532. The summed E-state index contributed by atoms with van der Waals surface area (Å²) in [6.45, 7) is 5.26. The lowest BCUT2D eigenvalue weighted by molar-refractivity contribution is 0.0599. The predicted octanol–water partition coefficient (Wildman–Crippen LogP) is 3.09. The second-order valence-corrected chi connectivity index (χ2v) is 6.52. The van der Waals surface area contributed by atoms with Gasteiger partial charge in [0.2, 0.25) is 0 Å². The molecule has 26 heavy (non-hydrogen) atoms. The number of carbonyl (C=O) groups excluding carboxylic acids is 2. The van der Waals surface area contributed by atoms with E-state index in [4.69, 9.17) is 9.47 Å². The van der Waals surface area contributed by atoms with Crippen LogP contribution < -0.4 is 5.32 Å². The minimum atomic E-state index is -0.666. The van der Waals surface area contributed by atoms with E-state index in [2.05, 4.69) is 16.5 Å². The SMILES string of the molecule is COC(=O)c1ccc(NC(=O)OC(C)(C)C)c(-c2c(C#N)cnn2C)c1. The molecule has 0 unspecified atom stereocenters. The smallest absolute Gasteiger partial charge is 0.412 e. The number of carbonyl (C=O) groups is 2. The Morgan fingerprint density at radius 2 is 2.00 bits per heavy atom. The number of nitrogens with zero attached hydrogens (tertiary/aromatic N) is 3. The molecular weight excluding hydrogens is 336 g/mol. The summed E-state index contributed by atoms with van der Waals surface area (Å²) >= 11 is 0. The summed E-state index contributed by atoms with van der Waals surface area (Å²) in [5, 5.41) is 16.1. The van der Waals surface area contributed by atoms with Crippen molar-refractivity contribution in [2.45, 2.75) is 26.4 Å². The molecule has 0 aliphatic rings. The van der Waals surface area contributed by atoms with Gasteiger partial charge in [0.1, 0.15) is 11.7 Å². The second-order valence-electron chi connectivity index (χ2n) is 6.52. The van der Waals surface area contributed by atoms with E-state index in [9.17, 15) is 14.9 Å². The van der Waals surface area contributed by atoms with Gasteiger partial charge in [-0.25, -0.2) is 9.59 Å². The summed E-state index contributed by atoms with van der Waals surface area (Å²) < 4.78 is 11.5. The first-order valence-corrected chi connectivity index (χ1v) is 7.81. The summed E-state index contributed by atoms with van der Waals surface area (Å²) in [7, 11) is 2.94. The van der Waals surface area contributed by atoms with E-state index in [1.807, 2.05) is 0 Å². The fourth-order valence-corrected chi connectivity index (χ4v) is 2.35. The van der Waals surface area contributed by atoms with Crippen LogP contribution in [0, 0.1) is 11.3 Å². The first-order valence-electron chi connectivity index (χ1n) is 7.81. The zero-order valence-corrected chi connectivity index (χ0v) is 15.3. The van der Waals surface area contributed by atoms with Crippen LogP contribution in [0.1, 0.15) is 36.7 Å². The Bertz CT molecular complexity index is 888. The third kappa shape index (κ3) is 4.19. The third-order valence-corrected chi connectivity index (χ3v) is 3.39. The molecule has 136 valence electrons. The Balaban J connectivity index is 2.55. The highest BCUT2D eigenvalue weighted by Crippen LogP contribution is 2.32. The van der Waals surface area contributed by atoms with E-state index in [0.717, 1.165) is 0 Å². The van der Waals surface area contributed by atoms with Crippen molar-refractivity contribution >= 4 is 17.7 Å². The van der Waals surface area contributed by atoms with E-state index >= 15 is 0 Å². The Morgan fingerprint density at radius 1 is 1.31 bits per heavy atom. The quantitative estimate of drug-likeness (QED) is 0.847. The molecule has 0 aliphatic carbocycles. The van der Waals surface area contributed by atoms with Crippen LogP contribution in [0.2, 0.25) is 0 Å². The number of nitrogens with one attached hydrogen (secondary N) is 1. The van der Waals surface area contributed by atoms with Crippen LogP contribution in [-0.2, 0) is 16.5 Å². The molecule has 0 bridgehead atoms. The molecule has 1 aromatic carbocycles. The number of amides is 1. The number of anilines is 1. The maximum Gasteiger partial charge on any atom is 0.412 e. The van der Waals surface area contributed by atoms with Gasteiger partial charge in [-0.05, 0) is 39.0 Å². The van der Waals surface area contributed by atoms with Gasteiger partial charge >= 0.3 is 12.1 Å². The van der Waals surface area contributed by atoms with E-state index in [1.165, 1.54) is 30.1 Å². The van der Waals surface area contributed by atoms with Crippen molar-refractivity contribution in [3.63, 3.8) is 0 Å². The predicted molar refractivity (Wildman–Crippen MR) is 94.6 cm³/mol. The largest absolute Gasteiger partial charge is 0.465 e. The summed E-state index contributed by atoms with van der Waals surface area (Å²) in [6, 6.07) is 6.66. The normalized spacial score (nSPS) is 10.8. The Hall–Kier alpha value is -3.34. The maximum atomic E-state index is 12.2. The number of nitriles is 1. The van der Waals surface area contributed by atoms with Crippen LogP contribution in [0.25, 0.3) is 11.3 Å². The Kier molecular flexibility index (Phi) is 5.31. The zero-order valence-electron chi connectivity index (χ0n) is 15.3. The van der Waals surface area contributed by atoms with Crippen LogP contribution in [0.15, 0.2) is 24.4 Å². The molecule has 0 saturated carbocycles. The average Bonchev–Trinajstić information content (AvgIpc) is 2.93. The highest BCUT2D eigenvalue weighted by Gasteiger charge is 2.21. The maximum absolute atomic E-state index is 12.2. The third-order valence-electron chi connectivity index (χ3n) is 3.39. The fourth-order valence-electron chi connectivity index (χ4n) is 2.35. The first-order chi connectivity index (χ1) is 12.2. The molecule has 2 rings (SSSR count). The standard InChI is InChI=1S/C18H20N4O4/c1-18(2,3)26-17(24)21-14-7-6-11(16(23)25-5)8-13(14)15-12(9-19)10-20-22(15)4/h6-8,10H,1-5H3,(H,21,24).